The predicted molar refractivity (Wildman–Crippen MR) is 87.5 cm³/mol. The lowest BCUT2D eigenvalue weighted by Gasteiger charge is -2.05. The predicted octanol–water partition coefficient (Wildman–Crippen LogP) is 3.72. The van der Waals surface area contributed by atoms with Gasteiger partial charge in [0, 0.05) is 10.9 Å². The number of carbonyl (C=O) groups is 3. The lowest BCUT2D eigenvalue weighted by Crippen LogP contribution is -2.15. The average molecular weight is 360 g/mol. The smallest absolute Gasteiger partial charge is 0.341 e. The van der Waals surface area contributed by atoms with Crippen LogP contribution in [0, 0.1) is 0 Å². The molecule has 116 valence electrons. The lowest BCUT2D eigenvalue weighted by molar-refractivity contribution is -0.113. The number of aldehydes is 1. The molecule has 1 aromatic heterocycles. The van der Waals surface area contributed by atoms with Gasteiger partial charge in [0.25, 0.3) is 0 Å². The van der Waals surface area contributed by atoms with Crippen LogP contribution in [0.4, 0.5) is 5.00 Å². The number of thiophene rings is 1. The molecule has 0 saturated heterocycles. The van der Waals surface area contributed by atoms with Gasteiger partial charge in [-0.05, 0) is 13.0 Å². The summed E-state index contributed by atoms with van der Waals surface area (Å²) in [4.78, 5) is 34.6. The number of benzene rings is 1. The van der Waals surface area contributed by atoms with Crippen LogP contribution < -0.4 is 5.32 Å². The summed E-state index contributed by atoms with van der Waals surface area (Å²) < 4.78 is 5.54. The summed E-state index contributed by atoms with van der Waals surface area (Å²) in [5, 5.41) is 3.60. The van der Waals surface area contributed by atoms with E-state index in [0.717, 1.165) is 11.3 Å². The number of ether oxygens (including phenoxy) is 1. The highest BCUT2D eigenvalue weighted by atomic mass is 35.5. The van der Waals surface area contributed by atoms with Crippen molar-refractivity contribution in [1.82, 2.24) is 0 Å². The molecule has 1 aromatic carbocycles. The summed E-state index contributed by atoms with van der Waals surface area (Å²) in [6.45, 7) is 1.88. The van der Waals surface area contributed by atoms with Gasteiger partial charge < -0.3 is 10.1 Å². The van der Waals surface area contributed by atoms with Crippen LogP contribution in [0.25, 0.3) is 10.1 Å². The summed E-state index contributed by atoms with van der Waals surface area (Å²) >= 11 is 12.7. The zero-order valence-electron chi connectivity index (χ0n) is 11.4. The molecule has 0 saturated carbocycles. The van der Waals surface area contributed by atoms with Gasteiger partial charge in [0.05, 0.1) is 16.3 Å². The second-order valence-corrected chi connectivity index (χ2v) is 5.84. The molecule has 0 atom stereocenters. The number of carbonyl (C=O) groups excluding carboxylic acids is 3. The molecule has 0 unspecified atom stereocenters. The van der Waals surface area contributed by atoms with Crippen molar-refractivity contribution >= 4 is 67.8 Å². The van der Waals surface area contributed by atoms with Crippen molar-refractivity contribution in [2.45, 2.75) is 6.92 Å². The van der Waals surface area contributed by atoms with Gasteiger partial charge in [0.2, 0.25) is 5.91 Å². The van der Waals surface area contributed by atoms with Crippen LogP contribution in [0.5, 0.6) is 0 Å². The third kappa shape index (κ3) is 3.09. The molecule has 2 aromatic rings. The fourth-order valence-electron chi connectivity index (χ4n) is 1.89. The molecular weight excluding hydrogens is 349 g/mol. The number of alkyl halides is 1. The largest absolute Gasteiger partial charge is 0.462 e. The third-order valence-corrected chi connectivity index (χ3v) is 4.71. The van der Waals surface area contributed by atoms with Crippen molar-refractivity contribution in [2.75, 3.05) is 17.8 Å². The molecule has 8 heteroatoms. The summed E-state index contributed by atoms with van der Waals surface area (Å²) in [7, 11) is 0. The first-order valence-corrected chi connectivity index (χ1v) is 7.99. The molecule has 0 aliphatic heterocycles. The van der Waals surface area contributed by atoms with Crippen molar-refractivity contribution in [1.29, 1.82) is 0 Å². The number of rotatable bonds is 5. The molecule has 1 amide bonds. The quantitative estimate of drug-likeness (QED) is 0.501. The Balaban J connectivity index is 2.67. The Morgan fingerprint density at radius 2 is 2.14 bits per heavy atom. The van der Waals surface area contributed by atoms with Crippen LogP contribution in [-0.4, -0.2) is 30.6 Å². The zero-order valence-corrected chi connectivity index (χ0v) is 13.8. The van der Waals surface area contributed by atoms with Gasteiger partial charge in [-0.2, -0.15) is 0 Å². The van der Waals surface area contributed by atoms with E-state index in [-0.39, 0.29) is 23.1 Å². The van der Waals surface area contributed by atoms with Crippen molar-refractivity contribution < 1.29 is 19.1 Å². The summed E-state index contributed by atoms with van der Waals surface area (Å²) in [5.74, 6) is -1.27. The summed E-state index contributed by atoms with van der Waals surface area (Å²) in [6.07, 6.45) is 0.628. The number of esters is 1. The molecule has 0 radical (unpaired) electrons. The Labute approximate surface area is 140 Å². The van der Waals surface area contributed by atoms with E-state index in [9.17, 15) is 14.4 Å². The molecule has 1 heterocycles. The van der Waals surface area contributed by atoms with Gasteiger partial charge in [0.1, 0.15) is 16.4 Å². The second-order valence-electron chi connectivity index (χ2n) is 4.17. The number of hydrogen-bond acceptors (Lipinski definition) is 5. The fourth-order valence-corrected chi connectivity index (χ4v) is 3.43. The highest BCUT2D eigenvalue weighted by Gasteiger charge is 2.23. The van der Waals surface area contributed by atoms with E-state index in [1.165, 1.54) is 6.07 Å². The number of halogens is 2. The Hall–Kier alpha value is -1.63. The lowest BCUT2D eigenvalue weighted by atomic mass is 10.1. The maximum Gasteiger partial charge on any atom is 0.341 e. The van der Waals surface area contributed by atoms with E-state index >= 15 is 0 Å². The molecule has 0 spiro atoms. The van der Waals surface area contributed by atoms with E-state index in [4.69, 9.17) is 27.9 Å². The number of anilines is 1. The van der Waals surface area contributed by atoms with Crippen LogP contribution in [-0.2, 0) is 9.53 Å². The number of hydrogen-bond donors (Lipinski definition) is 1. The SMILES string of the molecule is CCOC(=O)c1c(NC(=O)CCl)sc2c(Cl)c(C=O)ccc12. The van der Waals surface area contributed by atoms with E-state index in [0.29, 0.717) is 26.9 Å². The summed E-state index contributed by atoms with van der Waals surface area (Å²) in [6, 6.07) is 3.12. The molecule has 22 heavy (non-hydrogen) atoms. The Kier molecular flexibility index (Phi) is 5.39. The summed E-state index contributed by atoms with van der Waals surface area (Å²) in [5.41, 5.74) is 0.515. The van der Waals surface area contributed by atoms with E-state index < -0.39 is 11.9 Å². The zero-order chi connectivity index (χ0) is 16.3. The number of amides is 1. The molecule has 2 rings (SSSR count). The van der Waals surface area contributed by atoms with E-state index in [1.807, 2.05) is 0 Å². The number of fused-ring (bicyclic) bond motifs is 1. The topological polar surface area (TPSA) is 72.5 Å². The number of nitrogens with one attached hydrogen (secondary N) is 1. The van der Waals surface area contributed by atoms with Crippen LogP contribution in [0.15, 0.2) is 12.1 Å². The van der Waals surface area contributed by atoms with Crippen LogP contribution in [0.2, 0.25) is 5.02 Å². The van der Waals surface area contributed by atoms with Gasteiger partial charge in [-0.3, -0.25) is 9.59 Å². The molecular formula is C14H11Cl2NO4S. The maximum absolute atomic E-state index is 12.2. The van der Waals surface area contributed by atoms with Crippen LogP contribution in [0.3, 0.4) is 0 Å². The van der Waals surface area contributed by atoms with Gasteiger partial charge in [0.15, 0.2) is 6.29 Å². The Morgan fingerprint density at radius 3 is 2.73 bits per heavy atom. The van der Waals surface area contributed by atoms with E-state index in [1.54, 1.807) is 13.0 Å². The van der Waals surface area contributed by atoms with Gasteiger partial charge in [-0.1, -0.05) is 17.7 Å². The maximum atomic E-state index is 12.2. The first-order chi connectivity index (χ1) is 10.5. The van der Waals surface area contributed by atoms with Crippen molar-refractivity contribution in [3.63, 3.8) is 0 Å². The molecule has 1 N–H and O–H groups in total. The van der Waals surface area contributed by atoms with Crippen LogP contribution in [0.1, 0.15) is 27.6 Å². The molecule has 5 nitrogen and oxygen atoms in total. The van der Waals surface area contributed by atoms with Gasteiger partial charge in [-0.15, -0.1) is 22.9 Å². The average Bonchev–Trinajstić information content (AvgIpc) is 2.86. The van der Waals surface area contributed by atoms with E-state index in [2.05, 4.69) is 5.32 Å². The molecule has 0 aliphatic carbocycles. The van der Waals surface area contributed by atoms with Crippen molar-refractivity contribution in [2.24, 2.45) is 0 Å². The minimum atomic E-state index is -0.575. The first kappa shape index (κ1) is 16.7. The molecule has 0 aliphatic rings. The standard InChI is InChI=1S/C14H11Cl2NO4S/c1-2-21-14(20)10-8-4-3-7(6-18)11(16)12(8)22-13(10)17-9(19)5-15/h3-4,6H,2,5H2,1H3,(H,17,19). The molecule has 0 fully saturated rings. The normalized spacial score (nSPS) is 10.5. The highest BCUT2D eigenvalue weighted by Crippen LogP contribution is 2.41. The third-order valence-electron chi connectivity index (χ3n) is 2.81. The van der Waals surface area contributed by atoms with Gasteiger partial charge in [-0.25, -0.2) is 4.79 Å². The monoisotopic (exact) mass is 359 g/mol. The minimum absolute atomic E-state index is 0.194. The van der Waals surface area contributed by atoms with Crippen molar-refractivity contribution in [3.8, 4) is 0 Å². The Morgan fingerprint density at radius 1 is 1.41 bits per heavy atom. The first-order valence-electron chi connectivity index (χ1n) is 6.26. The highest BCUT2D eigenvalue weighted by molar-refractivity contribution is 7.24. The Bertz CT molecular complexity index is 757. The van der Waals surface area contributed by atoms with Crippen LogP contribution >= 0.6 is 34.5 Å². The fraction of sp³-hybridized carbons (Fsp3) is 0.214. The van der Waals surface area contributed by atoms with Crippen molar-refractivity contribution in [3.05, 3.63) is 28.3 Å². The van der Waals surface area contributed by atoms with Gasteiger partial charge >= 0.3 is 5.97 Å². The second kappa shape index (κ2) is 7.09. The molecule has 0 bridgehead atoms. The minimum Gasteiger partial charge on any atom is -0.462 e.